The highest BCUT2D eigenvalue weighted by atomic mass is 35.5. The SMILES string of the molecule is CC(O)CCN(C)S(=O)(=O)c1cccc(Cl)c1Cl. The molecule has 0 saturated carbocycles. The first-order valence-corrected chi connectivity index (χ1v) is 7.55. The highest BCUT2D eigenvalue weighted by Gasteiger charge is 2.24. The van der Waals surface area contributed by atoms with Crippen LogP contribution in [0.5, 0.6) is 0 Å². The van der Waals surface area contributed by atoms with E-state index < -0.39 is 16.1 Å². The van der Waals surface area contributed by atoms with Crippen LogP contribution in [0.3, 0.4) is 0 Å². The molecule has 4 nitrogen and oxygen atoms in total. The number of halogens is 2. The molecule has 7 heteroatoms. The third-order valence-corrected chi connectivity index (χ3v) is 5.30. The van der Waals surface area contributed by atoms with Crippen LogP contribution in [0.1, 0.15) is 13.3 Å². The zero-order valence-electron chi connectivity index (χ0n) is 10.1. The van der Waals surface area contributed by atoms with Crippen LogP contribution in [-0.4, -0.2) is 37.5 Å². The molecule has 1 aromatic carbocycles. The van der Waals surface area contributed by atoms with Crippen LogP contribution in [0.15, 0.2) is 23.1 Å². The number of hydrogen-bond acceptors (Lipinski definition) is 3. The second-order valence-corrected chi connectivity index (χ2v) is 6.81. The van der Waals surface area contributed by atoms with E-state index >= 15 is 0 Å². The Balaban J connectivity index is 3.02. The van der Waals surface area contributed by atoms with Crippen molar-refractivity contribution in [2.75, 3.05) is 13.6 Å². The third kappa shape index (κ3) is 3.59. The van der Waals surface area contributed by atoms with E-state index in [1.807, 2.05) is 0 Å². The first-order valence-electron chi connectivity index (χ1n) is 5.35. The van der Waals surface area contributed by atoms with Crippen molar-refractivity contribution in [1.82, 2.24) is 4.31 Å². The second-order valence-electron chi connectivity index (χ2n) is 4.02. The summed E-state index contributed by atoms with van der Waals surface area (Å²) in [7, 11) is -2.24. The van der Waals surface area contributed by atoms with Gasteiger partial charge >= 0.3 is 0 Å². The summed E-state index contributed by atoms with van der Waals surface area (Å²) in [5, 5.41) is 9.38. The minimum Gasteiger partial charge on any atom is -0.393 e. The molecule has 0 amide bonds. The number of rotatable bonds is 5. The van der Waals surface area contributed by atoms with Crippen LogP contribution in [0.2, 0.25) is 10.0 Å². The number of aliphatic hydroxyl groups excluding tert-OH is 1. The minimum atomic E-state index is -3.68. The summed E-state index contributed by atoms with van der Waals surface area (Å²) in [6, 6.07) is 4.46. The molecule has 1 rings (SSSR count). The molecule has 1 aromatic rings. The van der Waals surface area contributed by atoms with E-state index in [4.69, 9.17) is 28.3 Å². The van der Waals surface area contributed by atoms with Gasteiger partial charge in [-0.1, -0.05) is 29.3 Å². The molecule has 1 N–H and O–H groups in total. The molecule has 18 heavy (non-hydrogen) atoms. The number of aliphatic hydroxyl groups is 1. The van der Waals surface area contributed by atoms with Gasteiger partial charge in [0.2, 0.25) is 10.0 Å². The van der Waals surface area contributed by atoms with E-state index in [1.54, 1.807) is 6.92 Å². The van der Waals surface area contributed by atoms with Gasteiger partial charge in [-0.25, -0.2) is 12.7 Å². The standard InChI is InChI=1S/C11H15Cl2NO3S/c1-8(15)6-7-14(2)18(16,17)10-5-3-4-9(12)11(10)13/h3-5,8,15H,6-7H2,1-2H3. The Morgan fingerprint density at radius 3 is 2.56 bits per heavy atom. The zero-order chi connectivity index (χ0) is 13.9. The number of hydrogen-bond donors (Lipinski definition) is 1. The van der Waals surface area contributed by atoms with E-state index in [1.165, 1.54) is 25.2 Å². The Bertz CT molecular complexity index is 517. The Hall–Kier alpha value is -0.330. The first kappa shape index (κ1) is 15.7. The van der Waals surface area contributed by atoms with E-state index in [0.717, 1.165) is 4.31 Å². The summed E-state index contributed by atoms with van der Waals surface area (Å²) >= 11 is 11.7. The smallest absolute Gasteiger partial charge is 0.244 e. The van der Waals surface area contributed by atoms with Crippen molar-refractivity contribution in [2.45, 2.75) is 24.3 Å². The maximum absolute atomic E-state index is 12.2. The lowest BCUT2D eigenvalue weighted by Gasteiger charge is -2.18. The van der Waals surface area contributed by atoms with Gasteiger partial charge in [0.15, 0.2) is 0 Å². The van der Waals surface area contributed by atoms with Gasteiger partial charge in [-0.05, 0) is 25.5 Å². The Morgan fingerprint density at radius 2 is 2.00 bits per heavy atom. The average Bonchev–Trinajstić information content (AvgIpc) is 2.29. The molecule has 0 spiro atoms. The molecule has 0 bridgehead atoms. The first-order chi connectivity index (χ1) is 8.26. The summed E-state index contributed by atoms with van der Waals surface area (Å²) in [5.74, 6) is 0. The molecule has 0 radical (unpaired) electrons. The Kier molecular flexibility index (Phi) is 5.43. The summed E-state index contributed by atoms with van der Waals surface area (Å²) in [6.07, 6.45) is -0.203. The van der Waals surface area contributed by atoms with Gasteiger partial charge in [-0.15, -0.1) is 0 Å². The number of sulfonamides is 1. The topological polar surface area (TPSA) is 57.6 Å². The fourth-order valence-corrected chi connectivity index (χ4v) is 3.26. The zero-order valence-corrected chi connectivity index (χ0v) is 12.4. The molecule has 0 heterocycles. The molecule has 0 aliphatic carbocycles. The molecule has 0 fully saturated rings. The van der Waals surface area contributed by atoms with Crippen molar-refractivity contribution in [2.24, 2.45) is 0 Å². The van der Waals surface area contributed by atoms with Gasteiger partial charge in [0, 0.05) is 13.6 Å². The summed E-state index contributed by atoms with van der Waals surface area (Å²) in [5.41, 5.74) is 0. The lowest BCUT2D eigenvalue weighted by atomic mass is 10.3. The maximum atomic E-state index is 12.2. The summed E-state index contributed by atoms with van der Waals surface area (Å²) < 4.78 is 25.6. The summed E-state index contributed by atoms with van der Waals surface area (Å²) in [4.78, 5) is -0.0234. The van der Waals surface area contributed by atoms with Crippen molar-refractivity contribution in [3.05, 3.63) is 28.2 Å². The Morgan fingerprint density at radius 1 is 1.39 bits per heavy atom. The molecule has 0 saturated heterocycles. The van der Waals surface area contributed by atoms with Crippen molar-refractivity contribution in [1.29, 1.82) is 0 Å². The van der Waals surface area contributed by atoms with Gasteiger partial charge in [0.25, 0.3) is 0 Å². The van der Waals surface area contributed by atoms with Gasteiger partial charge < -0.3 is 5.11 Å². The molecular formula is C11H15Cl2NO3S. The summed E-state index contributed by atoms with van der Waals surface area (Å²) in [6.45, 7) is 1.82. The second kappa shape index (κ2) is 6.21. The van der Waals surface area contributed by atoms with Gasteiger partial charge in [0.1, 0.15) is 4.90 Å². The fraction of sp³-hybridized carbons (Fsp3) is 0.455. The van der Waals surface area contributed by atoms with E-state index in [2.05, 4.69) is 0 Å². The predicted molar refractivity (Wildman–Crippen MR) is 72.6 cm³/mol. The van der Waals surface area contributed by atoms with Crippen molar-refractivity contribution >= 4 is 33.2 Å². The van der Waals surface area contributed by atoms with Crippen LogP contribution >= 0.6 is 23.2 Å². The Labute approximate surface area is 117 Å². The van der Waals surface area contributed by atoms with Crippen molar-refractivity contribution in [3.8, 4) is 0 Å². The largest absolute Gasteiger partial charge is 0.393 e. The molecule has 0 aliphatic heterocycles. The lowest BCUT2D eigenvalue weighted by Crippen LogP contribution is -2.29. The monoisotopic (exact) mass is 311 g/mol. The highest BCUT2D eigenvalue weighted by molar-refractivity contribution is 7.89. The molecule has 1 unspecified atom stereocenters. The lowest BCUT2D eigenvalue weighted by molar-refractivity contribution is 0.177. The van der Waals surface area contributed by atoms with Gasteiger partial charge in [-0.3, -0.25) is 0 Å². The van der Waals surface area contributed by atoms with E-state index in [-0.39, 0.29) is 21.5 Å². The molecule has 102 valence electrons. The van der Waals surface area contributed by atoms with Gasteiger partial charge in [0.05, 0.1) is 16.1 Å². The molecule has 1 atom stereocenters. The quantitative estimate of drug-likeness (QED) is 0.908. The molecule has 0 aliphatic rings. The highest BCUT2D eigenvalue weighted by Crippen LogP contribution is 2.30. The fourth-order valence-electron chi connectivity index (χ4n) is 1.34. The van der Waals surface area contributed by atoms with Crippen LogP contribution in [0.4, 0.5) is 0 Å². The van der Waals surface area contributed by atoms with Crippen LogP contribution < -0.4 is 0 Å². The number of nitrogens with zero attached hydrogens (tertiary/aromatic N) is 1. The molecule has 0 aromatic heterocycles. The normalized spacial score (nSPS) is 13.9. The van der Waals surface area contributed by atoms with Gasteiger partial charge in [-0.2, -0.15) is 0 Å². The number of benzene rings is 1. The molecular weight excluding hydrogens is 297 g/mol. The van der Waals surface area contributed by atoms with Crippen LogP contribution in [-0.2, 0) is 10.0 Å². The predicted octanol–water partition coefficient (Wildman–Crippen LogP) is 2.38. The third-order valence-electron chi connectivity index (χ3n) is 2.47. The maximum Gasteiger partial charge on any atom is 0.244 e. The van der Waals surface area contributed by atoms with Crippen LogP contribution in [0, 0.1) is 0 Å². The average molecular weight is 312 g/mol. The van der Waals surface area contributed by atoms with E-state index in [9.17, 15) is 8.42 Å². The van der Waals surface area contributed by atoms with Crippen molar-refractivity contribution in [3.63, 3.8) is 0 Å². The minimum absolute atomic E-state index is 0.0167. The van der Waals surface area contributed by atoms with E-state index in [0.29, 0.717) is 6.42 Å². The van der Waals surface area contributed by atoms with Crippen LogP contribution in [0.25, 0.3) is 0 Å². The van der Waals surface area contributed by atoms with Crippen molar-refractivity contribution < 1.29 is 13.5 Å².